The van der Waals surface area contributed by atoms with Gasteiger partial charge in [0.05, 0.1) is 23.3 Å². The normalized spacial score (nSPS) is 17.2. The van der Waals surface area contributed by atoms with Gasteiger partial charge in [-0.2, -0.15) is 0 Å². The van der Waals surface area contributed by atoms with Gasteiger partial charge in [-0.05, 0) is 31.4 Å². The van der Waals surface area contributed by atoms with Crippen LogP contribution in [0.2, 0.25) is 0 Å². The van der Waals surface area contributed by atoms with Crippen molar-refractivity contribution in [2.24, 2.45) is 7.05 Å². The number of carbonyl (C=O) groups is 1. The molecule has 0 spiro atoms. The molecule has 0 saturated carbocycles. The number of hydrogen-bond donors (Lipinski definition) is 1. The van der Waals surface area contributed by atoms with Gasteiger partial charge in [-0.15, -0.1) is 0 Å². The van der Waals surface area contributed by atoms with Gasteiger partial charge in [0, 0.05) is 32.1 Å². The standard InChI is InChI=1S/C21H27N5O2/c1-3-7-16-12-17(28-24-16)13-22-21(27)26-11-6-8-15(14-26)20-23-18-9-4-5-10-19(18)25(20)2/h4-5,9-10,12,15H,3,6-8,11,13-14H2,1-2H3,(H,22,27)/t15-/m0/s1. The summed E-state index contributed by atoms with van der Waals surface area (Å²) in [6.45, 7) is 3.92. The molecule has 4 rings (SSSR count). The predicted octanol–water partition coefficient (Wildman–Crippen LogP) is 3.60. The molecule has 0 aliphatic carbocycles. The highest BCUT2D eigenvalue weighted by molar-refractivity contribution is 5.76. The third kappa shape index (κ3) is 3.74. The summed E-state index contributed by atoms with van der Waals surface area (Å²) in [6, 6.07) is 10.0. The molecule has 3 heterocycles. The van der Waals surface area contributed by atoms with Crippen molar-refractivity contribution in [3.8, 4) is 0 Å². The van der Waals surface area contributed by atoms with Crippen LogP contribution < -0.4 is 5.32 Å². The molecule has 1 aromatic carbocycles. The predicted molar refractivity (Wildman–Crippen MR) is 107 cm³/mol. The van der Waals surface area contributed by atoms with E-state index >= 15 is 0 Å². The number of nitrogens with one attached hydrogen (secondary N) is 1. The Balaban J connectivity index is 1.39. The Bertz CT molecular complexity index is 961. The average Bonchev–Trinajstić information content (AvgIpc) is 3.31. The molecule has 148 valence electrons. The van der Waals surface area contributed by atoms with Crippen LogP contribution in [0.4, 0.5) is 4.79 Å². The molecule has 28 heavy (non-hydrogen) atoms. The van der Waals surface area contributed by atoms with E-state index in [2.05, 4.69) is 35.1 Å². The number of imidazole rings is 1. The number of aromatic nitrogens is 3. The number of carbonyl (C=O) groups excluding carboxylic acids is 1. The first-order valence-electron chi connectivity index (χ1n) is 10.0. The number of urea groups is 1. The van der Waals surface area contributed by atoms with E-state index in [9.17, 15) is 4.79 Å². The van der Waals surface area contributed by atoms with E-state index in [-0.39, 0.29) is 11.9 Å². The van der Waals surface area contributed by atoms with Gasteiger partial charge in [-0.25, -0.2) is 9.78 Å². The van der Waals surface area contributed by atoms with Gasteiger partial charge in [0.1, 0.15) is 5.82 Å². The molecule has 7 nitrogen and oxygen atoms in total. The van der Waals surface area contributed by atoms with Gasteiger partial charge >= 0.3 is 6.03 Å². The van der Waals surface area contributed by atoms with Crippen LogP contribution in [0.5, 0.6) is 0 Å². The molecule has 1 aliphatic heterocycles. The highest BCUT2D eigenvalue weighted by Gasteiger charge is 2.28. The van der Waals surface area contributed by atoms with E-state index in [1.54, 1.807) is 0 Å². The second-order valence-electron chi connectivity index (χ2n) is 7.50. The summed E-state index contributed by atoms with van der Waals surface area (Å²) in [7, 11) is 2.06. The zero-order valence-electron chi connectivity index (χ0n) is 16.5. The molecule has 2 aromatic heterocycles. The number of likely N-dealkylation sites (tertiary alicyclic amines) is 1. The smallest absolute Gasteiger partial charge is 0.317 e. The van der Waals surface area contributed by atoms with Crippen LogP contribution >= 0.6 is 0 Å². The Hall–Kier alpha value is -2.83. The minimum atomic E-state index is -0.0584. The maximum Gasteiger partial charge on any atom is 0.317 e. The Kier molecular flexibility index (Phi) is 5.32. The monoisotopic (exact) mass is 381 g/mol. The summed E-state index contributed by atoms with van der Waals surface area (Å²) in [4.78, 5) is 19.4. The fraction of sp³-hybridized carbons (Fsp3) is 0.476. The quantitative estimate of drug-likeness (QED) is 0.733. The molecule has 1 fully saturated rings. The Labute approximate surface area is 164 Å². The fourth-order valence-corrected chi connectivity index (χ4v) is 3.99. The number of hydrogen-bond acceptors (Lipinski definition) is 4. The molecule has 2 amide bonds. The summed E-state index contributed by atoms with van der Waals surface area (Å²) in [6.07, 6.45) is 3.94. The number of rotatable bonds is 5. The number of nitrogens with zero attached hydrogens (tertiary/aromatic N) is 4. The van der Waals surface area contributed by atoms with Crippen molar-refractivity contribution in [3.63, 3.8) is 0 Å². The van der Waals surface area contributed by atoms with Crippen LogP contribution in [0.25, 0.3) is 11.0 Å². The molecule has 3 aromatic rings. The van der Waals surface area contributed by atoms with Crippen molar-refractivity contribution in [2.45, 2.75) is 45.1 Å². The third-order valence-electron chi connectivity index (χ3n) is 5.42. The molecule has 0 unspecified atom stereocenters. The van der Waals surface area contributed by atoms with Crippen molar-refractivity contribution in [1.29, 1.82) is 0 Å². The van der Waals surface area contributed by atoms with Gasteiger partial charge in [0.2, 0.25) is 0 Å². The van der Waals surface area contributed by atoms with Crippen LogP contribution in [0.15, 0.2) is 34.9 Å². The van der Waals surface area contributed by atoms with E-state index < -0.39 is 0 Å². The molecular formula is C21H27N5O2. The summed E-state index contributed by atoms with van der Waals surface area (Å²) < 4.78 is 7.46. The molecular weight excluding hydrogens is 354 g/mol. The molecule has 7 heteroatoms. The molecule has 1 aliphatic rings. The van der Waals surface area contributed by atoms with Gasteiger partial charge in [0.25, 0.3) is 0 Å². The highest BCUT2D eigenvalue weighted by Crippen LogP contribution is 2.28. The third-order valence-corrected chi connectivity index (χ3v) is 5.42. The molecule has 1 N–H and O–H groups in total. The summed E-state index contributed by atoms with van der Waals surface area (Å²) in [5.41, 5.74) is 3.08. The minimum absolute atomic E-state index is 0.0584. The first-order valence-corrected chi connectivity index (χ1v) is 10.0. The molecule has 0 bridgehead atoms. The lowest BCUT2D eigenvalue weighted by atomic mass is 9.97. The lowest BCUT2D eigenvalue weighted by Crippen LogP contribution is -2.45. The SMILES string of the molecule is CCCc1cc(CNC(=O)N2CCC[C@H](c3nc4ccccc4n3C)C2)on1. The van der Waals surface area contributed by atoms with Crippen molar-refractivity contribution in [2.75, 3.05) is 13.1 Å². The molecule has 0 radical (unpaired) electrons. The maximum atomic E-state index is 12.7. The maximum absolute atomic E-state index is 12.7. The number of piperidine rings is 1. The summed E-state index contributed by atoms with van der Waals surface area (Å²) in [5.74, 6) is 2.00. The number of benzene rings is 1. The van der Waals surface area contributed by atoms with E-state index in [1.165, 1.54) is 0 Å². The number of para-hydroxylation sites is 2. The lowest BCUT2D eigenvalue weighted by Gasteiger charge is -2.32. The zero-order valence-corrected chi connectivity index (χ0v) is 16.5. The number of amides is 2. The van der Waals surface area contributed by atoms with Crippen LogP contribution in [0, 0.1) is 0 Å². The van der Waals surface area contributed by atoms with Crippen molar-refractivity contribution >= 4 is 17.1 Å². The number of aryl methyl sites for hydroxylation is 2. The van der Waals surface area contributed by atoms with Crippen LogP contribution in [0.3, 0.4) is 0 Å². The van der Waals surface area contributed by atoms with Gasteiger partial charge in [0.15, 0.2) is 5.76 Å². The highest BCUT2D eigenvalue weighted by atomic mass is 16.5. The Morgan fingerprint density at radius 2 is 2.21 bits per heavy atom. The van der Waals surface area contributed by atoms with Crippen molar-refractivity contribution < 1.29 is 9.32 Å². The van der Waals surface area contributed by atoms with E-state index in [0.29, 0.717) is 18.8 Å². The van der Waals surface area contributed by atoms with Gasteiger partial charge in [-0.1, -0.05) is 30.6 Å². The topological polar surface area (TPSA) is 76.2 Å². The first-order chi connectivity index (χ1) is 13.7. The van der Waals surface area contributed by atoms with Crippen molar-refractivity contribution in [1.82, 2.24) is 24.9 Å². The second-order valence-corrected chi connectivity index (χ2v) is 7.50. The lowest BCUT2D eigenvalue weighted by molar-refractivity contribution is 0.176. The van der Waals surface area contributed by atoms with E-state index in [0.717, 1.165) is 54.8 Å². The van der Waals surface area contributed by atoms with E-state index in [1.807, 2.05) is 29.2 Å². The number of fused-ring (bicyclic) bond motifs is 1. The molecule has 1 atom stereocenters. The Morgan fingerprint density at radius 1 is 1.36 bits per heavy atom. The zero-order chi connectivity index (χ0) is 19.5. The average molecular weight is 381 g/mol. The minimum Gasteiger partial charge on any atom is -0.359 e. The largest absolute Gasteiger partial charge is 0.359 e. The summed E-state index contributed by atoms with van der Waals surface area (Å²) in [5, 5.41) is 6.99. The Morgan fingerprint density at radius 3 is 3.04 bits per heavy atom. The van der Waals surface area contributed by atoms with Crippen LogP contribution in [-0.4, -0.2) is 38.7 Å². The van der Waals surface area contributed by atoms with Gasteiger partial charge < -0.3 is 19.3 Å². The van der Waals surface area contributed by atoms with Crippen LogP contribution in [0.1, 0.15) is 49.4 Å². The van der Waals surface area contributed by atoms with Gasteiger partial charge in [-0.3, -0.25) is 0 Å². The first kappa shape index (κ1) is 18.5. The summed E-state index contributed by atoms with van der Waals surface area (Å²) >= 11 is 0. The van der Waals surface area contributed by atoms with E-state index in [4.69, 9.17) is 9.51 Å². The molecule has 1 saturated heterocycles. The van der Waals surface area contributed by atoms with Crippen molar-refractivity contribution in [3.05, 3.63) is 47.6 Å². The fourth-order valence-electron chi connectivity index (χ4n) is 3.99. The second kappa shape index (κ2) is 8.04. The van der Waals surface area contributed by atoms with Crippen LogP contribution in [-0.2, 0) is 20.0 Å².